The molecular formula is C19H20OS2. The lowest BCUT2D eigenvalue weighted by Crippen LogP contribution is -2.26. The van der Waals surface area contributed by atoms with Gasteiger partial charge in [-0.1, -0.05) is 85.0 Å². The smallest absolute Gasteiger partial charge is 0.118 e. The second kappa shape index (κ2) is 8.28. The summed E-state index contributed by atoms with van der Waals surface area (Å²) in [4.78, 5) is 0. The van der Waals surface area contributed by atoms with Gasteiger partial charge in [-0.3, -0.25) is 0 Å². The zero-order valence-electron chi connectivity index (χ0n) is 12.6. The van der Waals surface area contributed by atoms with E-state index in [1.54, 1.807) is 11.8 Å². The van der Waals surface area contributed by atoms with Crippen molar-refractivity contribution in [1.29, 1.82) is 0 Å². The van der Waals surface area contributed by atoms with Crippen LogP contribution in [-0.2, 0) is 5.60 Å². The van der Waals surface area contributed by atoms with Crippen LogP contribution in [0.3, 0.4) is 0 Å². The molecule has 0 heterocycles. The molecule has 1 N–H and O–H groups in total. The van der Waals surface area contributed by atoms with Crippen LogP contribution >= 0.6 is 24.0 Å². The van der Waals surface area contributed by atoms with Gasteiger partial charge in [-0.05, 0) is 17.4 Å². The molecule has 0 amide bonds. The second-order valence-electron chi connectivity index (χ2n) is 5.05. The molecule has 2 rings (SSSR count). The maximum atomic E-state index is 11.3. The van der Waals surface area contributed by atoms with Crippen LogP contribution in [0.5, 0.6) is 0 Å². The minimum atomic E-state index is -1.01. The maximum absolute atomic E-state index is 11.3. The molecule has 0 unspecified atom stereocenters. The Bertz CT molecular complexity index is 581. The van der Waals surface area contributed by atoms with Crippen LogP contribution in [-0.4, -0.2) is 15.6 Å². The van der Waals surface area contributed by atoms with Gasteiger partial charge in [0.15, 0.2) is 0 Å². The maximum Gasteiger partial charge on any atom is 0.118 e. The Morgan fingerprint density at radius 3 is 1.95 bits per heavy atom. The average molecular weight is 329 g/mol. The molecule has 0 radical (unpaired) electrons. The van der Waals surface area contributed by atoms with Crippen molar-refractivity contribution < 1.29 is 5.11 Å². The van der Waals surface area contributed by atoms with Crippen molar-refractivity contribution in [2.75, 3.05) is 6.26 Å². The zero-order valence-corrected chi connectivity index (χ0v) is 14.2. The number of aliphatic hydroxyl groups is 1. The van der Waals surface area contributed by atoms with Crippen LogP contribution < -0.4 is 0 Å². The SMILES string of the molecule is CSC(=S)C/C=C/CC(O)(c1ccccc1)c1ccccc1. The van der Waals surface area contributed by atoms with Gasteiger partial charge >= 0.3 is 0 Å². The van der Waals surface area contributed by atoms with E-state index in [9.17, 15) is 5.11 Å². The molecule has 1 nitrogen and oxygen atoms in total. The van der Waals surface area contributed by atoms with Crippen molar-refractivity contribution in [3.8, 4) is 0 Å². The van der Waals surface area contributed by atoms with Crippen molar-refractivity contribution in [3.63, 3.8) is 0 Å². The minimum absolute atomic E-state index is 0.526. The van der Waals surface area contributed by atoms with E-state index in [1.807, 2.05) is 79.1 Å². The van der Waals surface area contributed by atoms with Crippen LogP contribution in [0.4, 0.5) is 0 Å². The zero-order chi connectivity index (χ0) is 15.8. The van der Waals surface area contributed by atoms with Crippen LogP contribution in [0.25, 0.3) is 0 Å². The third kappa shape index (κ3) is 4.29. The summed E-state index contributed by atoms with van der Waals surface area (Å²) in [5.41, 5.74) is 0.789. The van der Waals surface area contributed by atoms with E-state index in [1.165, 1.54) is 0 Å². The van der Waals surface area contributed by atoms with Gasteiger partial charge in [0.05, 0.1) is 4.20 Å². The van der Waals surface area contributed by atoms with Gasteiger partial charge < -0.3 is 5.11 Å². The summed E-state index contributed by atoms with van der Waals surface area (Å²) in [6, 6.07) is 19.6. The number of thioether (sulfide) groups is 1. The number of hydrogen-bond acceptors (Lipinski definition) is 3. The van der Waals surface area contributed by atoms with Gasteiger partial charge in [-0.15, -0.1) is 11.8 Å². The highest BCUT2D eigenvalue weighted by Gasteiger charge is 2.29. The number of hydrogen-bond donors (Lipinski definition) is 1. The van der Waals surface area contributed by atoms with Crippen molar-refractivity contribution in [3.05, 3.63) is 83.9 Å². The van der Waals surface area contributed by atoms with Crippen molar-refractivity contribution in [2.24, 2.45) is 0 Å². The first-order valence-corrected chi connectivity index (χ1v) is 8.85. The van der Waals surface area contributed by atoms with E-state index in [0.29, 0.717) is 6.42 Å². The molecule has 2 aromatic rings. The fourth-order valence-electron chi connectivity index (χ4n) is 2.35. The van der Waals surface area contributed by atoms with Crippen molar-refractivity contribution in [1.82, 2.24) is 0 Å². The average Bonchev–Trinajstić information content (AvgIpc) is 2.59. The molecule has 0 aromatic heterocycles. The van der Waals surface area contributed by atoms with Gasteiger partial charge in [0.1, 0.15) is 5.60 Å². The molecule has 0 aliphatic carbocycles. The van der Waals surface area contributed by atoms with E-state index in [-0.39, 0.29) is 0 Å². The summed E-state index contributed by atoms with van der Waals surface area (Å²) >= 11 is 6.79. The van der Waals surface area contributed by atoms with Crippen molar-refractivity contribution >= 4 is 28.2 Å². The Morgan fingerprint density at radius 1 is 1.00 bits per heavy atom. The third-order valence-electron chi connectivity index (χ3n) is 3.59. The Kier molecular flexibility index (Phi) is 6.37. The largest absolute Gasteiger partial charge is 0.380 e. The summed E-state index contributed by atoms with van der Waals surface area (Å²) in [7, 11) is 0. The molecule has 114 valence electrons. The number of allylic oxidation sites excluding steroid dienone is 1. The molecule has 0 spiro atoms. The lowest BCUT2D eigenvalue weighted by atomic mass is 9.83. The molecule has 0 saturated carbocycles. The van der Waals surface area contributed by atoms with Gasteiger partial charge in [-0.2, -0.15) is 0 Å². The minimum Gasteiger partial charge on any atom is -0.380 e. The molecule has 3 heteroatoms. The van der Waals surface area contributed by atoms with Gasteiger partial charge in [-0.25, -0.2) is 0 Å². The fourth-order valence-corrected chi connectivity index (χ4v) is 2.71. The molecule has 22 heavy (non-hydrogen) atoms. The molecule has 2 aromatic carbocycles. The molecule has 0 fully saturated rings. The lowest BCUT2D eigenvalue weighted by molar-refractivity contribution is 0.0841. The van der Waals surface area contributed by atoms with Crippen molar-refractivity contribution in [2.45, 2.75) is 18.4 Å². The molecular weight excluding hydrogens is 308 g/mol. The van der Waals surface area contributed by atoms with Crippen LogP contribution in [0.15, 0.2) is 72.8 Å². The van der Waals surface area contributed by atoms with Crippen LogP contribution in [0.1, 0.15) is 24.0 Å². The normalized spacial score (nSPS) is 11.7. The number of thiocarbonyl (C=S) groups is 1. The Morgan fingerprint density at radius 2 is 1.50 bits per heavy atom. The van der Waals surface area contributed by atoms with Crippen LogP contribution in [0, 0.1) is 0 Å². The summed E-state index contributed by atoms with van der Waals surface area (Å²) in [6.45, 7) is 0. The highest BCUT2D eigenvalue weighted by atomic mass is 32.2. The first kappa shape index (κ1) is 16.9. The Labute approximate surface area is 142 Å². The second-order valence-corrected chi connectivity index (χ2v) is 6.70. The Balaban J connectivity index is 2.25. The van der Waals surface area contributed by atoms with Gasteiger partial charge in [0.2, 0.25) is 0 Å². The molecule has 0 aliphatic heterocycles. The van der Waals surface area contributed by atoms with Crippen LogP contribution in [0.2, 0.25) is 0 Å². The first-order chi connectivity index (χ1) is 10.7. The van der Waals surface area contributed by atoms with E-state index in [4.69, 9.17) is 12.2 Å². The highest BCUT2D eigenvalue weighted by molar-refractivity contribution is 8.22. The van der Waals surface area contributed by atoms with Gasteiger partial charge in [0, 0.05) is 12.8 Å². The third-order valence-corrected chi connectivity index (χ3v) is 4.88. The number of rotatable bonds is 6. The highest BCUT2D eigenvalue weighted by Crippen LogP contribution is 2.33. The topological polar surface area (TPSA) is 20.2 Å². The quantitative estimate of drug-likeness (QED) is 0.598. The lowest BCUT2D eigenvalue weighted by Gasteiger charge is -2.28. The summed E-state index contributed by atoms with van der Waals surface area (Å²) < 4.78 is 0.958. The fraction of sp³-hybridized carbons (Fsp3) is 0.211. The number of benzene rings is 2. The molecule has 0 bridgehead atoms. The standard InChI is InChI=1S/C19H20OS2/c1-22-18(21)14-8-9-15-19(20,16-10-4-2-5-11-16)17-12-6-3-7-13-17/h2-13,20H,14-15H2,1H3/b9-8+. The first-order valence-electron chi connectivity index (χ1n) is 7.22. The Hall–Kier alpha value is -1.42. The summed E-state index contributed by atoms with van der Waals surface area (Å²) in [5.74, 6) is 0. The van der Waals surface area contributed by atoms with Gasteiger partial charge in [0.25, 0.3) is 0 Å². The molecule has 0 aliphatic rings. The van der Waals surface area contributed by atoms with E-state index in [0.717, 1.165) is 21.7 Å². The predicted octanol–water partition coefficient (Wildman–Crippen LogP) is 4.95. The van der Waals surface area contributed by atoms with E-state index < -0.39 is 5.60 Å². The monoisotopic (exact) mass is 328 g/mol. The summed E-state index contributed by atoms with van der Waals surface area (Å²) in [5, 5.41) is 11.3. The van der Waals surface area contributed by atoms with E-state index >= 15 is 0 Å². The summed E-state index contributed by atoms with van der Waals surface area (Å²) in [6.07, 6.45) is 7.33. The molecule has 0 saturated heterocycles. The van der Waals surface area contributed by atoms with E-state index in [2.05, 4.69) is 0 Å². The molecule has 0 atom stereocenters. The predicted molar refractivity (Wildman–Crippen MR) is 100 cm³/mol.